The van der Waals surface area contributed by atoms with E-state index in [9.17, 15) is 27.9 Å². The number of aromatic nitrogens is 3. The molecule has 0 aliphatic carbocycles. The number of amidine groups is 1. The Morgan fingerprint density at radius 2 is 1.79 bits per heavy atom. The molecule has 0 spiro atoms. The number of hydrogen-bond acceptors (Lipinski definition) is 8. The van der Waals surface area contributed by atoms with Gasteiger partial charge in [-0.1, -0.05) is 23.7 Å². The summed E-state index contributed by atoms with van der Waals surface area (Å²) in [5.41, 5.74) is 6.78. The smallest absolute Gasteiger partial charge is 0.401 e. The molecule has 42 heavy (non-hydrogen) atoms. The maximum absolute atomic E-state index is 13.1. The first kappa shape index (κ1) is 31.8. The lowest BCUT2D eigenvalue weighted by molar-refractivity contribution is -0.204. The van der Waals surface area contributed by atoms with Crippen molar-refractivity contribution in [3.63, 3.8) is 0 Å². The lowest BCUT2D eigenvalue weighted by atomic mass is 10.1. The largest absolute Gasteiger partial charge is 0.416 e. The van der Waals surface area contributed by atoms with Crippen molar-refractivity contribution >= 4 is 35.1 Å². The summed E-state index contributed by atoms with van der Waals surface area (Å²) in [4.78, 5) is 30.4. The number of nitrogens with two attached hydrogens (primary N) is 1. The highest BCUT2D eigenvalue weighted by molar-refractivity contribution is 6.30. The molecule has 3 amide bonds. The van der Waals surface area contributed by atoms with Crippen molar-refractivity contribution in [2.75, 3.05) is 6.54 Å². The number of amides is 3. The van der Waals surface area contributed by atoms with Gasteiger partial charge in [0.25, 0.3) is 5.91 Å². The predicted molar refractivity (Wildman–Crippen MR) is 148 cm³/mol. The van der Waals surface area contributed by atoms with Crippen LogP contribution < -0.4 is 16.4 Å². The third-order valence-corrected chi connectivity index (χ3v) is 5.96. The van der Waals surface area contributed by atoms with E-state index in [1.165, 1.54) is 48.3 Å². The Bertz CT molecular complexity index is 1520. The van der Waals surface area contributed by atoms with E-state index < -0.39 is 36.6 Å². The van der Waals surface area contributed by atoms with Crippen LogP contribution in [0.5, 0.6) is 0 Å². The topological polar surface area (TPSA) is 186 Å². The summed E-state index contributed by atoms with van der Waals surface area (Å²) in [5, 5.41) is 35.2. The highest BCUT2D eigenvalue weighted by Gasteiger charge is 2.41. The number of nitrogens with zero attached hydrogens (tertiary/aromatic N) is 4. The van der Waals surface area contributed by atoms with Crippen LogP contribution in [0.1, 0.15) is 35.6 Å². The van der Waals surface area contributed by atoms with Crippen molar-refractivity contribution in [3.8, 4) is 5.69 Å². The van der Waals surface area contributed by atoms with Gasteiger partial charge < -0.3 is 26.9 Å². The first-order valence-corrected chi connectivity index (χ1v) is 12.5. The predicted octanol–water partition coefficient (Wildman–Crippen LogP) is 3.34. The molecule has 12 nitrogen and oxygen atoms in total. The Labute approximate surface area is 243 Å². The molecule has 0 fully saturated rings. The standard InChI is InChI=1S/C26H27ClF3N9O3/c1-14(31)22(15(2)32)36-24(41)18-5-3-4-6-19(18)39-13-35-21(37-39)11-34-25(42)38(12-20(40)26(28,29)30)23(33)16-7-9-17(27)10-8-16/h3-10,13,20,31,33,40H,11-12,32H2,1-2H3,(H,34,42)(H,36,41)/b22-15+,31-14?,33-23?/t20-/m0/s1. The van der Waals surface area contributed by atoms with E-state index in [0.29, 0.717) is 15.6 Å². The van der Waals surface area contributed by atoms with Crippen molar-refractivity contribution < 1.29 is 27.9 Å². The third kappa shape index (κ3) is 7.92. The van der Waals surface area contributed by atoms with Crippen molar-refractivity contribution in [2.24, 2.45) is 5.73 Å². The van der Waals surface area contributed by atoms with Crippen molar-refractivity contribution in [1.82, 2.24) is 30.3 Å². The van der Waals surface area contributed by atoms with Gasteiger partial charge in [-0.3, -0.25) is 15.1 Å². The number of aliphatic hydroxyl groups is 1. The molecule has 0 aliphatic rings. The molecule has 0 radical (unpaired) electrons. The minimum absolute atomic E-state index is 0.0293. The summed E-state index contributed by atoms with van der Waals surface area (Å²) in [7, 11) is 0. The van der Waals surface area contributed by atoms with Crippen LogP contribution in [0, 0.1) is 10.8 Å². The number of rotatable bonds is 9. The second kappa shape index (κ2) is 13.3. The van der Waals surface area contributed by atoms with Gasteiger partial charge in [-0.15, -0.1) is 5.10 Å². The normalized spacial score (nSPS) is 12.6. The Morgan fingerprint density at radius 3 is 2.38 bits per heavy atom. The van der Waals surface area contributed by atoms with Gasteiger partial charge in [0.1, 0.15) is 12.2 Å². The van der Waals surface area contributed by atoms with Crippen molar-refractivity contribution in [2.45, 2.75) is 32.7 Å². The van der Waals surface area contributed by atoms with E-state index in [2.05, 4.69) is 20.7 Å². The molecule has 1 atom stereocenters. The fourth-order valence-electron chi connectivity index (χ4n) is 3.59. The number of para-hydroxylation sites is 1. The molecule has 3 aromatic rings. The number of carbonyl (C=O) groups is 2. The van der Waals surface area contributed by atoms with E-state index >= 15 is 0 Å². The zero-order valence-electron chi connectivity index (χ0n) is 22.3. The maximum atomic E-state index is 13.1. The minimum Gasteiger partial charge on any atom is -0.401 e. The summed E-state index contributed by atoms with van der Waals surface area (Å²) in [6.07, 6.45) is -6.68. The van der Waals surface area contributed by atoms with E-state index in [-0.39, 0.29) is 40.6 Å². The molecular formula is C26H27ClF3N9O3. The number of nitrogens with one attached hydrogen (secondary N) is 4. The average molecular weight is 606 g/mol. The van der Waals surface area contributed by atoms with Gasteiger partial charge in [0, 0.05) is 16.3 Å². The van der Waals surface area contributed by atoms with Crippen LogP contribution in [-0.4, -0.2) is 67.1 Å². The van der Waals surface area contributed by atoms with Gasteiger partial charge >= 0.3 is 12.2 Å². The van der Waals surface area contributed by atoms with Crippen LogP contribution in [-0.2, 0) is 6.54 Å². The fraction of sp³-hybridized carbons (Fsp3) is 0.231. The average Bonchev–Trinajstić information content (AvgIpc) is 3.41. The summed E-state index contributed by atoms with van der Waals surface area (Å²) < 4.78 is 40.5. The molecule has 2 aromatic carbocycles. The molecule has 1 aromatic heterocycles. The van der Waals surface area contributed by atoms with Crippen LogP contribution in [0.15, 0.2) is 66.3 Å². The minimum atomic E-state index is -5.03. The first-order valence-electron chi connectivity index (χ1n) is 12.2. The van der Waals surface area contributed by atoms with Gasteiger partial charge in [-0.2, -0.15) is 13.2 Å². The number of benzene rings is 2. The lowest BCUT2D eigenvalue weighted by Gasteiger charge is -2.26. The molecule has 7 N–H and O–H groups in total. The third-order valence-electron chi connectivity index (χ3n) is 5.71. The SMILES string of the molecule is CC(=N)/C(NC(=O)c1ccccc1-n1cnc(CNC(=O)N(C[C@H](O)C(F)(F)F)C(=N)c2ccc(Cl)cc2)n1)=C(/C)N. The van der Waals surface area contributed by atoms with E-state index in [4.69, 9.17) is 28.2 Å². The number of aliphatic hydroxyl groups excluding tert-OH is 1. The number of halogens is 4. The lowest BCUT2D eigenvalue weighted by Crippen LogP contribution is -2.50. The molecule has 0 saturated carbocycles. The number of urea groups is 1. The molecule has 3 rings (SSSR count). The zero-order valence-corrected chi connectivity index (χ0v) is 23.1. The van der Waals surface area contributed by atoms with Gasteiger partial charge in [0.2, 0.25) is 0 Å². The van der Waals surface area contributed by atoms with Crippen molar-refractivity contribution in [3.05, 3.63) is 88.2 Å². The Morgan fingerprint density at radius 1 is 1.14 bits per heavy atom. The highest BCUT2D eigenvalue weighted by Crippen LogP contribution is 2.22. The van der Waals surface area contributed by atoms with Crippen LogP contribution in [0.4, 0.5) is 18.0 Å². The van der Waals surface area contributed by atoms with Gasteiger partial charge in [0.15, 0.2) is 11.9 Å². The first-order chi connectivity index (χ1) is 19.7. The summed E-state index contributed by atoms with van der Waals surface area (Å²) in [6.45, 7) is 1.41. The molecule has 0 unspecified atom stereocenters. The zero-order chi connectivity index (χ0) is 31.2. The monoisotopic (exact) mass is 605 g/mol. The molecule has 0 bridgehead atoms. The Hall–Kier alpha value is -4.76. The second-order valence-electron chi connectivity index (χ2n) is 8.94. The molecule has 0 aliphatic heterocycles. The van der Waals surface area contributed by atoms with Gasteiger partial charge in [0.05, 0.1) is 35.7 Å². The van der Waals surface area contributed by atoms with Gasteiger partial charge in [-0.25, -0.2) is 14.5 Å². The van der Waals surface area contributed by atoms with E-state index in [1.54, 1.807) is 25.1 Å². The Balaban J connectivity index is 1.79. The van der Waals surface area contributed by atoms with E-state index in [1.807, 2.05) is 0 Å². The second-order valence-corrected chi connectivity index (χ2v) is 9.38. The molecular weight excluding hydrogens is 579 g/mol. The summed E-state index contributed by atoms with van der Waals surface area (Å²) in [6, 6.07) is 10.7. The number of hydrogen-bond donors (Lipinski definition) is 6. The van der Waals surface area contributed by atoms with Crippen LogP contribution in [0.25, 0.3) is 5.69 Å². The van der Waals surface area contributed by atoms with Crippen LogP contribution >= 0.6 is 11.6 Å². The molecule has 1 heterocycles. The summed E-state index contributed by atoms with van der Waals surface area (Å²) in [5.74, 6) is -1.14. The number of carbonyl (C=O) groups excluding carboxylic acids is 2. The number of allylic oxidation sites excluding steroid dienone is 2. The Kier molecular flexibility index (Phi) is 10.0. The fourth-order valence-corrected chi connectivity index (χ4v) is 3.72. The molecule has 222 valence electrons. The van der Waals surface area contributed by atoms with Crippen LogP contribution in [0.3, 0.4) is 0 Å². The maximum Gasteiger partial charge on any atom is 0.416 e. The highest BCUT2D eigenvalue weighted by atomic mass is 35.5. The van der Waals surface area contributed by atoms with Gasteiger partial charge in [-0.05, 0) is 50.2 Å². The quantitative estimate of drug-likeness (QED) is 0.160. The van der Waals surface area contributed by atoms with Crippen molar-refractivity contribution in [1.29, 1.82) is 10.8 Å². The van der Waals surface area contributed by atoms with Crippen LogP contribution in [0.2, 0.25) is 5.02 Å². The number of alkyl halides is 3. The summed E-state index contributed by atoms with van der Waals surface area (Å²) >= 11 is 5.83. The molecule has 16 heteroatoms. The van der Waals surface area contributed by atoms with E-state index in [0.717, 1.165) is 0 Å². The molecule has 0 saturated heterocycles.